The van der Waals surface area contributed by atoms with Crippen molar-refractivity contribution in [3.05, 3.63) is 59.4 Å². The monoisotopic (exact) mass is 326 g/mol. The molecular formula is C17H16N3O2S+. The Hall–Kier alpha value is -2.44. The summed E-state index contributed by atoms with van der Waals surface area (Å²) in [7, 11) is 1.98. The van der Waals surface area contributed by atoms with Crippen molar-refractivity contribution in [3.63, 3.8) is 0 Å². The van der Waals surface area contributed by atoms with Crippen molar-refractivity contribution < 1.29 is 14.7 Å². The predicted octanol–water partition coefficient (Wildman–Crippen LogP) is 3.03. The molecule has 0 bridgehead atoms. The minimum Gasteiger partial charge on any atom is -0.369 e. The van der Waals surface area contributed by atoms with Crippen molar-refractivity contribution in [1.29, 1.82) is 0 Å². The van der Waals surface area contributed by atoms with Gasteiger partial charge in [-0.3, -0.25) is 5.21 Å². The Morgan fingerprint density at radius 2 is 2.04 bits per heavy atom. The summed E-state index contributed by atoms with van der Waals surface area (Å²) in [6.07, 6.45) is 1.64. The van der Waals surface area contributed by atoms with Crippen molar-refractivity contribution >= 4 is 32.6 Å². The maximum Gasteiger partial charge on any atom is 0.277 e. The number of fused-ring (bicyclic) bond motifs is 3. The van der Waals surface area contributed by atoms with Crippen LogP contribution in [0.1, 0.15) is 11.4 Å². The highest BCUT2D eigenvalue weighted by Crippen LogP contribution is 2.27. The normalized spacial score (nSPS) is 11.5. The predicted molar refractivity (Wildman–Crippen MR) is 88.4 cm³/mol. The van der Waals surface area contributed by atoms with Crippen molar-refractivity contribution in [2.45, 2.75) is 13.2 Å². The summed E-state index contributed by atoms with van der Waals surface area (Å²) in [4.78, 5) is 4.60. The van der Waals surface area contributed by atoms with Crippen molar-refractivity contribution in [3.8, 4) is 0 Å². The smallest absolute Gasteiger partial charge is 0.277 e. The third-order valence-corrected chi connectivity index (χ3v) is 4.82. The molecule has 0 amide bonds. The van der Waals surface area contributed by atoms with Crippen LogP contribution in [0.2, 0.25) is 0 Å². The number of nitrogens with zero attached hydrogens (tertiary/aromatic N) is 3. The lowest BCUT2D eigenvalue weighted by Crippen LogP contribution is -2.29. The van der Waals surface area contributed by atoms with Gasteiger partial charge in [-0.15, -0.1) is 11.3 Å². The van der Waals surface area contributed by atoms with Crippen molar-refractivity contribution in [2.24, 2.45) is 7.05 Å². The number of benzene rings is 1. The molecule has 1 aromatic carbocycles. The maximum absolute atomic E-state index is 10.0. The van der Waals surface area contributed by atoms with E-state index in [0.29, 0.717) is 13.2 Å². The van der Waals surface area contributed by atoms with E-state index in [1.54, 1.807) is 17.5 Å². The molecule has 0 radical (unpaired) electrons. The van der Waals surface area contributed by atoms with Gasteiger partial charge in [0, 0.05) is 17.8 Å². The molecule has 5 nitrogen and oxygen atoms in total. The Bertz CT molecular complexity index is 976. The second-order valence-electron chi connectivity index (χ2n) is 5.41. The number of hydrogen-bond acceptors (Lipinski definition) is 4. The molecule has 23 heavy (non-hydrogen) atoms. The fourth-order valence-electron chi connectivity index (χ4n) is 2.74. The van der Waals surface area contributed by atoms with Crippen LogP contribution in [0.4, 0.5) is 0 Å². The van der Waals surface area contributed by atoms with Gasteiger partial charge in [-0.25, -0.2) is 4.98 Å². The van der Waals surface area contributed by atoms with Crippen LogP contribution in [-0.4, -0.2) is 14.8 Å². The van der Waals surface area contributed by atoms with Gasteiger partial charge in [0.05, 0.1) is 12.1 Å². The van der Waals surface area contributed by atoms with Crippen molar-refractivity contribution in [2.75, 3.05) is 0 Å². The minimum atomic E-state index is 0.429. The largest absolute Gasteiger partial charge is 0.369 e. The first-order valence-electron chi connectivity index (χ1n) is 7.32. The Kier molecular flexibility index (Phi) is 3.48. The summed E-state index contributed by atoms with van der Waals surface area (Å²) in [6.45, 7) is 0.983. The number of pyridine rings is 1. The molecular weight excluding hydrogens is 310 g/mol. The molecule has 0 saturated heterocycles. The number of rotatable bonds is 4. The first kappa shape index (κ1) is 14.2. The zero-order chi connectivity index (χ0) is 15.8. The van der Waals surface area contributed by atoms with Crippen LogP contribution < -0.4 is 4.73 Å². The van der Waals surface area contributed by atoms with Gasteiger partial charge in [-0.2, -0.15) is 0 Å². The molecule has 0 atom stereocenters. The van der Waals surface area contributed by atoms with Gasteiger partial charge >= 0.3 is 0 Å². The molecule has 0 aliphatic carbocycles. The first-order chi connectivity index (χ1) is 11.2. The number of hydrogen-bond donors (Lipinski definition) is 1. The lowest BCUT2D eigenvalue weighted by atomic mass is 10.2. The van der Waals surface area contributed by atoms with E-state index in [0.717, 1.165) is 37.4 Å². The van der Waals surface area contributed by atoms with Gasteiger partial charge in [0.2, 0.25) is 0 Å². The van der Waals surface area contributed by atoms with E-state index >= 15 is 0 Å². The molecule has 0 spiro atoms. The molecule has 3 heterocycles. The highest BCUT2D eigenvalue weighted by molar-refractivity contribution is 7.18. The molecule has 0 fully saturated rings. The van der Waals surface area contributed by atoms with Crippen LogP contribution in [0.15, 0.2) is 48.0 Å². The second-order valence-corrected chi connectivity index (χ2v) is 6.32. The van der Waals surface area contributed by atoms with E-state index < -0.39 is 0 Å². The first-order valence-corrected chi connectivity index (χ1v) is 8.20. The third-order valence-electron chi connectivity index (χ3n) is 3.91. The topological polar surface area (TPSA) is 51.2 Å². The van der Waals surface area contributed by atoms with Crippen LogP contribution in [0.3, 0.4) is 0 Å². The third kappa shape index (κ3) is 2.46. The van der Waals surface area contributed by atoms with Gasteiger partial charge in [-0.05, 0) is 10.9 Å². The van der Waals surface area contributed by atoms with E-state index in [-0.39, 0.29) is 0 Å². The number of aryl methyl sites for hydroxylation is 1. The SMILES string of the molecule is Cn1c(COCc2ccccc2)nc2c[n+](O)c3ccsc3c21. The molecule has 3 aromatic heterocycles. The van der Waals surface area contributed by atoms with E-state index in [1.807, 2.05) is 53.4 Å². The number of thiophene rings is 1. The van der Waals surface area contributed by atoms with Crippen LogP contribution >= 0.6 is 11.3 Å². The number of imidazole rings is 1. The van der Waals surface area contributed by atoms with Gasteiger partial charge in [0.25, 0.3) is 11.7 Å². The zero-order valence-electron chi connectivity index (χ0n) is 12.6. The molecule has 0 saturated carbocycles. The number of ether oxygens (including phenoxy) is 1. The fourth-order valence-corrected chi connectivity index (χ4v) is 3.70. The van der Waals surface area contributed by atoms with Crippen molar-refractivity contribution in [1.82, 2.24) is 9.55 Å². The molecule has 0 aliphatic heterocycles. The average molecular weight is 326 g/mol. The Morgan fingerprint density at radius 3 is 2.87 bits per heavy atom. The average Bonchev–Trinajstić information content (AvgIpc) is 3.14. The molecule has 0 unspecified atom stereocenters. The van der Waals surface area contributed by atoms with E-state index in [4.69, 9.17) is 4.74 Å². The Morgan fingerprint density at radius 1 is 1.22 bits per heavy atom. The quantitative estimate of drug-likeness (QED) is 0.463. The van der Waals surface area contributed by atoms with Gasteiger partial charge in [0.15, 0.2) is 5.52 Å². The molecule has 6 heteroatoms. The molecule has 4 rings (SSSR count). The van der Waals surface area contributed by atoms with Crippen LogP contribution in [-0.2, 0) is 25.0 Å². The second kappa shape index (κ2) is 5.64. The summed E-state index contributed by atoms with van der Waals surface area (Å²) < 4.78 is 9.99. The maximum atomic E-state index is 10.0. The summed E-state index contributed by atoms with van der Waals surface area (Å²) >= 11 is 1.60. The van der Waals surface area contributed by atoms with Gasteiger partial charge < -0.3 is 9.30 Å². The van der Waals surface area contributed by atoms with Gasteiger partial charge in [0.1, 0.15) is 17.1 Å². The zero-order valence-corrected chi connectivity index (χ0v) is 13.5. The van der Waals surface area contributed by atoms with E-state index in [9.17, 15) is 5.21 Å². The van der Waals surface area contributed by atoms with Crippen LogP contribution in [0.5, 0.6) is 0 Å². The van der Waals surface area contributed by atoms with E-state index in [1.165, 1.54) is 0 Å². The summed E-state index contributed by atoms with van der Waals surface area (Å²) in [6, 6.07) is 12.0. The highest BCUT2D eigenvalue weighted by atomic mass is 32.1. The fraction of sp³-hybridized carbons (Fsp3) is 0.176. The Labute approximate surface area is 137 Å². The standard InChI is InChI=1S/C17H16N3O2S/c1-19-15(11-22-10-12-5-3-2-4-6-12)18-13-9-20(21)14-7-8-23-17(14)16(13)19/h2-9,21H,10-11H2,1H3/q+1. The summed E-state index contributed by atoms with van der Waals surface area (Å²) in [5.74, 6) is 0.844. The number of aromatic nitrogens is 3. The molecule has 4 aromatic rings. The van der Waals surface area contributed by atoms with E-state index in [2.05, 4.69) is 4.98 Å². The summed E-state index contributed by atoms with van der Waals surface area (Å²) in [5, 5.41) is 12.0. The minimum absolute atomic E-state index is 0.429. The lowest BCUT2D eigenvalue weighted by Gasteiger charge is -2.05. The molecule has 1 N–H and O–H groups in total. The molecule has 116 valence electrons. The lowest BCUT2D eigenvalue weighted by molar-refractivity contribution is -0.883. The highest BCUT2D eigenvalue weighted by Gasteiger charge is 2.20. The summed E-state index contributed by atoms with van der Waals surface area (Å²) in [5.41, 5.74) is 3.73. The molecule has 0 aliphatic rings. The Balaban J connectivity index is 1.64. The van der Waals surface area contributed by atoms with Gasteiger partial charge in [-0.1, -0.05) is 30.3 Å². The van der Waals surface area contributed by atoms with Crippen LogP contribution in [0, 0.1) is 0 Å². The van der Waals surface area contributed by atoms with Crippen LogP contribution in [0.25, 0.3) is 21.3 Å².